The summed E-state index contributed by atoms with van der Waals surface area (Å²) < 4.78 is 5.30. The minimum absolute atomic E-state index is 0.124. The average Bonchev–Trinajstić information content (AvgIpc) is 2.49. The van der Waals surface area contributed by atoms with Crippen molar-refractivity contribution in [1.82, 2.24) is 9.80 Å². The summed E-state index contributed by atoms with van der Waals surface area (Å²) in [5.41, 5.74) is 7.48. The summed E-state index contributed by atoms with van der Waals surface area (Å²) >= 11 is 0. The molecule has 0 radical (unpaired) electrons. The molecule has 21 heavy (non-hydrogen) atoms. The Bertz CT molecular complexity index is 439. The zero-order chi connectivity index (χ0) is 15.1. The first kappa shape index (κ1) is 15.8. The zero-order valence-electron chi connectivity index (χ0n) is 12.8. The van der Waals surface area contributed by atoms with Gasteiger partial charge in [0.2, 0.25) is 0 Å². The molecule has 116 valence electrons. The molecule has 0 unspecified atom stereocenters. The van der Waals surface area contributed by atoms with E-state index in [2.05, 4.69) is 16.8 Å². The predicted molar refractivity (Wildman–Crippen MR) is 84.1 cm³/mol. The van der Waals surface area contributed by atoms with Crippen LogP contribution in [0.3, 0.4) is 0 Å². The molecule has 1 saturated heterocycles. The molecule has 1 aliphatic rings. The number of esters is 1. The van der Waals surface area contributed by atoms with Gasteiger partial charge in [-0.1, -0.05) is 12.1 Å². The van der Waals surface area contributed by atoms with Gasteiger partial charge in [-0.25, -0.2) is 0 Å². The van der Waals surface area contributed by atoms with Gasteiger partial charge in [-0.05, 0) is 31.2 Å². The number of carbonyl (C=O) groups excluding carboxylic acids is 1. The second-order valence-corrected chi connectivity index (χ2v) is 5.61. The lowest BCUT2D eigenvalue weighted by molar-refractivity contribution is -0.144. The third-order valence-corrected chi connectivity index (χ3v) is 3.86. The smallest absolute Gasteiger partial charge is 0.306 e. The molecule has 2 rings (SSSR count). The number of likely N-dealkylation sites (N-methyl/N-ethyl adjacent to an activating group) is 1. The van der Waals surface area contributed by atoms with Gasteiger partial charge in [-0.2, -0.15) is 0 Å². The van der Waals surface area contributed by atoms with Crippen molar-refractivity contribution in [3.05, 3.63) is 29.8 Å². The van der Waals surface area contributed by atoms with E-state index in [4.69, 9.17) is 10.5 Å². The minimum atomic E-state index is -0.124. The van der Waals surface area contributed by atoms with Crippen molar-refractivity contribution in [2.75, 3.05) is 52.1 Å². The number of anilines is 1. The fourth-order valence-corrected chi connectivity index (χ4v) is 2.36. The van der Waals surface area contributed by atoms with Crippen molar-refractivity contribution in [1.29, 1.82) is 0 Å². The lowest BCUT2D eigenvalue weighted by Gasteiger charge is -2.32. The number of nitrogens with two attached hydrogens (primary N) is 1. The Balaban J connectivity index is 1.58. The van der Waals surface area contributed by atoms with E-state index in [9.17, 15) is 4.79 Å². The summed E-state index contributed by atoms with van der Waals surface area (Å²) in [5.74, 6) is -0.124. The quantitative estimate of drug-likeness (QED) is 0.626. The lowest BCUT2D eigenvalue weighted by atomic mass is 10.1. The van der Waals surface area contributed by atoms with E-state index in [1.165, 1.54) is 0 Å². The molecule has 5 nitrogen and oxygen atoms in total. The number of carbonyl (C=O) groups is 1. The highest BCUT2D eigenvalue weighted by atomic mass is 16.5. The van der Waals surface area contributed by atoms with Gasteiger partial charge in [-0.15, -0.1) is 0 Å². The summed E-state index contributed by atoms with van der Waals surface area (Å²) in [7, 11) is 2.13. The first-order valence-corrected chi connectivity index (χ1v) is 7.54. The maximum absolute atomic E-state index is 11.7. The van der Waals surface area contributed by atoms with Crippen molar-refractivity contribution in [3.8, 4) is 0 Å². The van der Waals surface area contributed by atoms with E-state index in [-0.39, 0.29) is 5.97 Å². The van der Waals surface area contributed by atoms with E-state index in [1.54, 1.807) is 0 Å². The largest absolute Gasteiger partial charge is 0.464 e. The highest BCUT2D eigenvalue weighted by Crippen LogP contribution is 2.08. The summed E-state index contributed by atoms with van der Waals surface area (Å²) in [6, 6.07) is 7.61. The molecule has 1 aromatic carbocycles. The Morgan fingerprint density at radius 1 is 1.19 bits per heavy atom. The summed E-state index contributed by atoms with van der Waals surface area (Å²) in [5, 5.41) is 0. The van der Waals surface area contributed by atoms with Crippen molar-refractivity contribution in [3.63, 3.8) is 0 Å². The lowest BCUT2D eigenvalue weighted by Crippen LogP contribution is -2.45. The minimum Gasteiger partial charge on any atom is -0.464 e. The third kappa shape index (κ3) is 5.73. The van der Waals surface area contributed by atoms with Gasteiger partial charge < -0.3 is 15.4 Å². The van der Waals surface area contributed by atoms with Crippen molar-refractivity contribution in [2.45, 2.75) is 12.8 Å². The fourth-order valence-electron chi connectivity index (χ4n) is 2.36. The number of benzene rings is 1. The SMILES string of the molecule is CN1CCN(CCOC(=O)CCc2ccc(N)cc2)CC1. The van der Waals surface area contributed by atoms with E-state index in [1.807, 2.05) is 24.3 Å². The third-order valence-electron chi connectivity index (χ3n) is 3.86. The molecule has 0 aliphatic carbocycles. The fraction of sp³-hybridized carbons (Fsp3) is 0.562. The number of nitrogen functional groups attached to an aromatic ring is 1. The molecular weight excluding hydrogens is 266 g/mol. The van der Waals surface area contributed by atoms with Crippen LogP contribution in [-0.2, 0) is 16.0 Å². The van der Waals surface area contributed by atoms with E-state index in [0.29, 0.717) is 19.4 Å². The van der Waals surface area contributed by atoms with Gasteiger partial charge in [-0.3, -0.25) is 9.69 Å². The second kappa shape index (κ2) is 8.00. The monoisotopic (exact) mass is 291 g/mol. The van der Waals surface area contributed by atoms with Crippen LogP contribution >= 0.6 is 0 Å². The number of hydrogen-bond acceptors (Lipinski definition) is 5. The molecule has 2 N–H and O–H groups in total. The highest BCUT2D eigenvalue weighted by molar-refractivity contribution is 5.69. The first-order chi connectivity index (χ1) is 10.1. The molecule has 5 heteroatoms. The van der Waals surface area contributed by atoms with Crippen molar-refractivity contribution >= 4 is 11.7 Å². The molecule has 0 spiro atoms. The standard InChI is InChI=1S/C16H25N3O2/c1-18-8-10-19(11-9-18)12-13-21-16(20)7-4-14-2-5-15(17)6-3-14/h2-3,5-6H,4,7-13,17H2,1H3. The van der Waals surface area contributed by atoms with Crippen LogP contribution in [0.5, 0.6) is 0 Å². The predicted octanol–water partition coefficient (Wildman–Crippen LogP) is 0.992. The van der Waals surface area contributed by atoms with Crippen LogP contribution in [0.2, 0.25) is 0 Å². The summed E-state index contributed by atoms with van der Waals surface area (Å²) in [6.07, 6.45) is 1.13. The summed E-state index contributed by atoms with van der Waals surface area (Å²) in [4.78, 5) is 16.4. The molecule has 0 aromatic heterocycles. The van der Waals surface area contributed by atoms with Crippen molar-refractivity contribution in [2.24, 2.45) is 0 Å². The van der Waals surface area contributed by atoms with E-state index >= 15 is 0 Å². The number of aryl methyl sites for hydroxylation is 1. The van der Waals surface area contributed by atoms with Crippen LogP contribution in [-0.4, -0.2) is 62.1 Å². The molecule has 1 aliphatic heterocycles. The second-order valence-electron chi connectivity index (χ2n) is 5.61. The van der Waals surface area contributed by atoms with Gasteiger partial charge >= 0.3 is 5.97 Å². The number of rotatable bonds is 6. The number of piperazine rings is 1. The normalized spacial score (nSPS) is 16.8. The Morgan fingerprint density at radius 2 is 1.86 bits per heavy atom. The molecule has 1 heterocycles. The Morgan fingerprint density at radius 3 is 2.52 bits per heavy atom. The zero-order valence-corrected chi connectivity index (χ0v) is 12.8. The molecule has 0 bridgehead atoms. The maximum atomic E-state index is 11.7. The van der Waals surface area contributed by atoms with Gasteiger partial charge in [0.1, 0.15) is 6.61 Å². The van der Waals surface area contributed by atoms with Crippen LogP contribution in [0.15, 0.2) is 24.3 Å². The average molecular weight is 291 g/mol. The van der Waals surface area contributed by atoms with Crippen LogP contribution in [0.1, 0.15) is 12.0 Å². The first-order valence-electron chi connectivity index (χ1n) is 7.54. The molecule has 1 aromatic rings. The summed E-state index contributed by atoms with van der Waals surface area (Å²) in [6.45, 7) is 5.61. The Labute approximate surface area is 126 Å². The van der Waals surface area contributed by atoms with Gasteiger partial charge in [0.25, 0.3) is 0 Å². The van der Waals surface area contributed by atoms with E-state index < -0.39 is 0 Å². The van der Waals surface area contributed by atoms with Crippen LogP contribution in [0.4, 0.5) is 5.69 Å². The Hall–Kier alpha value is -1.59. The number of ether oxygens (including phenoxy) is 1. The Kier molecular flexibility index (Phi) is 6.02. The molecular formula is C16H25N3O2. The van der Waals surface area contributed by atoms with Gasteiger partial charge in [0.15, 0.2) is 0 Å². The van der Waals surface area contributed by atoms with Crippen LogP contribution in [0, 0.1) is 0 Å². The molecule has 0 amide bonds. The highest BCUT2D eigenvalue weighted by Gasteiger charge is 2.13. The van der Waals surface area contributed by atoms with Gasteiger partial charge in [0.05, 0.1) is 0 Å². The van der Waals surface area contributed by atoms with Crippen molar-refractivity contribution < 1.29 is 9.53 Å². The van der Waals surface area contributed by atoms with Crippen LogP contribution in [0.25, 0.3) is 0 Å². The molecule has 0 saturated carbocycles. The van der Waals surface area contributed by atoms with Gasteiger partial charge in [0, 0.05) is 44.8 Å². The molecule has 0 atom stereocenters. The van der Waals surface area contributed by atoms with E-state index in [0.717, 1.165) is 44.0 Å². The molecule has 1 fully saturated rings. The van der Waals surface area contributed by atoms with Crippen LogP contribution < -0.4 is 5.73 Å². The number of hydrogen-bond donors (Lipinski definition) is 1. The maximum Gasteiger partial charge on any atom is 0.306 e. The topological polar surface area (TPSA) is 58.8 Å². The number of nitrogens with zero attached hydrogens (tertiary/aromatic N) is 2.